The number of nitrogens with one attached hydrogen (secondary N) is 2. The van der Waals surface area contributed by atoms with Gasteiger partial charge in [-0.25, -0.2) is 13.1 Å². The third-order valence-electron chi connectivity index (χ3n) is 7.28. The van der Waals surface area contributed by atoms with Gasteiger partial charge in [-0.3, -0.25) is 4.79 Å². The standard InChI is InChI=1S/C29H32ClN3O3S/c1-29(2)17-21-15-22(30)16-25(28(34)32-37(35,36)24-12-13-24)26(21)31-27(29)20-7-5-6-19(14-20)18-8-10-23(11-9-18)33(3)4/h5-11,14-16,24,27,31H,12-13,17H2,1-4H3,(H,32,34). The highest BCUT2D eigenvalue weighted by molar-refractivity contribution is 7.91. The number of anilines is 2. The average molecular weight is 538 g/mol. The van der Waals surface area contributed by atoms with E-state index in [1.165, 1.54) is 0 Å². The third kappa shape index (κ3) is 5.20. The molecule has 1 aliphatic heterocycles. The SMILES string of the molecule is CN(C)c1ccc(-c2cccc(C3Nc4c(cc(Cl)cc4C(=O)NS(=O)(=O)C4CC4)CC3(C)C)c2)cc1. The lowest BCUT2D eigenvalue weighted by molar-refractivity contribution is 0.0981. The van der Waals surface area contributed by atoms with E-state index in [0.29, 0.717) is 30.0 Å². The van der Waals surface area contributed by atoms with Crippen LogP contribution in [0, 0.1) is 5.41 Å². The van der Waals surface area contributed by atoms with Gasteiger partial charge in [0.1, 0.15) is 0 Å². The van der Waals surface area contributed by atoms with Gasteiger partial charge in [-0.2, -0.15) is 0 Å². The smallest absolute Gasteiger partial charge is 0.266 e. The monoisotopic (exact) mass is 537 g/mol. The second-order valence-electron chi connectivity index (χ2n) is 11.0. The summed E-state index contributed by atoms with van der Waals surface area (Å²) in [5.41, 5.74) is 6.06. The fourth-order valence-electron chi connectivity index (χ4n) is 5.12. The molecule has 0 aromatic heterocycles. The maximum atomic E-state index is 13.1. The van der Waals surface area contributed by atoms with Crippen molar-refractivity contribution in [1.82, 2.24) is 4.72 Å². The fourth-order valence-corrected chi connectivity index (χ4v) is 6.65. The number of fused-ring (bicyclic) bond motifs is 1. The molecule has 8 heteroatoms. The minimum atomic E-state index is -3.68. The van der Waals surface area contributed by atoms with E-state index in [4.69, 9.17) is 11.6 Å². The zero-order chi connectivity index (χ0) is 26.5. The maximum absolute atomic E-state index is 13.1. The zero-order valence-corrected chi connectivity index (χ0v) is 23.1. The molecule has 194 valence electrons. The van der Waals surface area contributed by atoms with Crippen molar-refractivity contribution >= 4 is 38.9 Å². The van der Waals surface area contributed by atoms with Crippen molar-refractivity contribution in [2.24, 2.45) is 5.41 Å². The highest BCUT2D eigenvalue weighted by Crippen LogP contribution is 2.47. The number of carbonyl (C=O) groups excluding carboxylic acids is 1. The van der Waals surface area contributed by atoms with E-state index in [1.54, 1.807) is 6.07 Å². The molecule has 0 bridgehead atoms. The van der Waals surface area contributed by atoms with Crippen LogP contribution in [0.1, 0.15) is 54.2 Å². The van der Waals surface area contributed by atoms with E-state index in [0.717, 1.165) is 27.9 Å². The molecule has 5 rings (SSSR count). The number of amides is 1. The third-order valence-corrected chi connectivity index (χ3v) is 9.32. The number of hydrogen-bond donors (Lipinski definition) is 2. The van der Waals surface area contributed by atoms with Gasteiger partial charge in [0.15, 0.2) is 0 Å². The van der Waals surface area contributed by atoms with Gasteiger partial charge in [0, 0.05) is 24.8 Å². The van der Waals surface area contributed by atoms with Crippen LogP contribution in [0.15, 0.2) is 60.7 Å². The summed E-state index contributed by atoms with van der Waals surface area (Å²) in [5, 5.41) is 3.52. The number of carbonyl (C=O) groups is 1. The summed E-state index contributed by atoms with van der Waals surface area (Å²) in [6.45, 7) is 4.37. The molecular weight excluding hydrogens is 506 g/mol. The van der Waals surface area contributed by atoms with E-state index in [9.17, 15) is 13.2 Å². The van der Waals surface area contributed by atoms with Gasteiger partial charge in [-0.1, -0.05) is 55.8 Å². The Labute approximate surface area is 224 Å². The zero-order valence-electron chi connectivity index (χ0n) is 21.5. The van der Waals surface area contributed by atoms with Crippen LogP contribution in [0.3, 0.4) is 0 Å². The van der Waals surface area contributed by atoms with Gasteiger partial charge in [0.2, 0.25) is 10.0 Å². The Morgan fingerprint density at radius 1 is 1.03 bits per heavy atom. The van der Waals surface area contributed by atoms with Gasteiger partial charge in [0.25, 0.3) is 5.91 Å². The predicted octanol–water partition coefficient (Wildman–Crippen LogP) is 6.03. The van der Waals surface area contributed by atoms with Crippen molar-refractivity contribution in [2.45, 2.75) is 44.4 Å². The predicted molar refractivity (Wildman–Crippen MR) is 151 cm³/mol. The van der Waals surface area contributed by atoms with Crippen LogP contribution >= 0.6 is 11.6 Å². The number of sulfonamides is 1. The summed E-state index contributed by atoms with van der Waals surface area (Å²) >= 11 is 6.38. The lowest BCUT2D eigenvalue weighted by Gasteiger charge is -2.42. The lowest BCUT2D eigenvalue weighted by atomic mass is 9.72. The molecule has 3 aromatic carbocycles. The molecule has 1 saturated carbocycles. The molecule has 37 heavy (non-hydrogen) atoms. The Kier molecular flexibility index (Phi) is 6.49. The minimum absolute atomic E-state index is 0.103. The Hall–Kier alpha value is -3.03. The molecule has 2 N–H and O–H groups in total. The van der Waals surface area contributed by atoms with E-state index >= 15 is 0 Å². The number of benzene rings is 3. The van der Waals surface area contributed by atoms with Gasteiger partial charge in [-0.15, -0.1) is 0 Å². The van der Waals surface area contributed by atoms with E-state index < -0.39 is 21.2 Å². The van der Waals surface area contributed by atoms with Crippen LogP contribution in [0.25, 0.3) is 11.1 Å². The van der Waals surface area contributed by atoms with Crippen molar-refractivity contribution in [3.63, 3.8) is 0 Å². The molecule has 1 aliphatic carbocycles. The summed E-state index contributed by atoms with van der Waals surface area (Å²) in [6, 6.07) is 20.2. The van der Waals surface area contributed by atoms with Crippen molar-refractivity contribution in [2.75, 3.05) is 24.3 Å². The van der Waals surface area contributed by atoms with Crippen molar-refractivity contribution in [1.29, 1.82) is 0 Å². The summed E-state index contributed by atoms with van der Waals surface area (Å²) < 4.78 is 27.2. The first-order chi connectivity index (χ1) is 17.4. The van der Waals surface area contributed by atoms with E-state index in [2.05, 4.69) is 77.3 Å². The topological polar surface area (TPSA) is 78.5 Å². The largest absolute Gasteiger partial charge is 0.378 e. The highest BCUT2D eigenvalue weighted by Gasteiger charge is 2.40. The minimum Gasteiger partial charge on any atom is -0.378 e. The van der Waals surface area contributed by atoms with Gasteiger partial charge in [-0.05, 0) is 77.3 Å². The van der Waals surface area contributed by atoms with Crippen LogP contribution in [-0.4, -0.2) is 33.7 Å². The van der Waals surface area contributed by atoms with Crippen molar-refractivity contribution < 1.29 is 13.2 Å². The number of hydrogen-bond acceptors (Lipinski definition) is 5. The maximum Gasteiger partial charge on any atom is 0.266 e. The Morgan fingerprint density at radius 2 is 1.73 bits per heavy atom. The van der Waals surface area contributed by atoms with Gasteiger partial charge >= 0.3 is 0 Å². The van der Waals surface area contributed by atoms with Crippen LogP contribution in [0.5, 0.6) is 0 Å². The summed E-state index contributed by atoms with van der Waals surface area (Å²) in [6.07, 6.45) is 1.84. The molecule has 0 saturated heterocycles. The van der Waals surface area contributed by atoms with Crippen LogP contribution < -0.4 is 14.9 Å². The number of halogens is 1. The first-order valence-electron chi connectivity index (χ1n) is 12.5. The quantitative estimate of drug-likeness (QED) is 0.401. The molecule has 1 fully saturated rings. The highest BCUT2D eigenvalue weighted by atomic mass is 35.5. The fraction of sp³-hybridized carbons (Fsp3) is 0.345. The van der Waals surface area contributed by atoms with E-state index in [1.807, 2.05) is 20.2 Å². The molecule has 1 heterocycles. The molecule has 1 atom stereocenters. The summed E-state index contributed by atoms with van der Waals surface area (Å²) in [5.74, 6) is -0.647. The van der Waals surface area contributed by atoms with Crippen LogP contribution in [-0.2, 0) is 16.4 Å². The molecule has 1 amide bonds. The summed E-state index contributed by atoms with van der Waals surface area (Å²) in [4.78, 5) is 15.2. The van der Waals surface area contributed by atoms with Gasteiger partial charge in [0.05, 0.1) is 22.5 Å². The lowest BCUT2D eigenvalue weighted by Crippen LogP contribution is -2.38. The van der Waals surface area contributed by atoms with Crippen LogP contribution in [0.2, 0.25) is 5.02 Å². The first kappa shape index (κ1) is 25.6. The second-order valence-corrected chi connectivity index (χ2v) is 13.4. The van der Waals surface area contributed by atoms with E-state index in [-0.39, 0.29) is 17.0 Å². The Balaban J connectivity index is 1.49. The number of nitrogens with zero attached hydrogens (tertiary/aromatic N) is 1. The first-order valence-corrected chi connectivity index (χ1v) is 14.4. The molecule has 6 nitrogen and oxygen atoms in total. The molecule has 1 unspecified atom stereocenters. The molecule has 2 aliphatic rings. The Morgan fingerprint density at radius 3 is 2.38 bits per heavy atom. The van der Waals surface area contributed by atoms with Crippen LogP contribution in [0.4, 0.5) is 11.4 Å². The Bertz CT molecular complexity index is 1460. The molecule has 3 aromatic rings. The normalized spacial score (nSPS) is 18.5. The number of rotatable bonds is 6. The molecule has 0 radical (unpaired) electrons. The molecular formula is C29H32ClN3O3S. The summed E-state index contributed by atoms with van der Waals surface area (Å²) in [7, 11) is 0.362. The average Bonchev–Trinajstić information content (AvgIpc) is 3.69. The van der Waals surface area contributed by atoms with Crippen molar-refractivity contribution in [3.05, 3.63) is 82.4 Å². The molecule has 0 spiro atoms. The second kappa shape index (κ2) is 9.37. The van der Waals surface area contributed by atoms with Crippen molar-refractivity contribution in [3.8, 4) is 11.1 Å². The van der Waals surface area contributed by atoms with Gasteiger partial charge < -0.3 is 10.2 Å².